The van der Waals surface area contributed by atoms with E-state index in [1.54, 1.807) is 21.4 Å². The van der Waals surface area contributed by atoms with Gasteiger partial charge in [0.2, 0.25) is 5.13 Å². The average molecular weight is 528 g/mol. The summed E-state index contributed by atoms with van der Waals surface area (Å²) in [5.74, 6) is 0. The van der Waals surface area contributed by atoms with Gasteiger partial charge in [-0.25, -0.2) is 9.97 Å². The van der Waals surface area contributed by atoms with Crippen molar-refractivity contribution in [2.75, 3.05) is 0 Å². The van der Waals surface area contributed by atoms with E-state index < -0.39 is 6.04 Å². The number of rotatable bonds is 5. The number of nitrogens with zero attached hydrogens (tertiary/aromatic N) is 5. The summed E-state index contributed by atoms with van der Waals surface area (Å²) in [6.45, 7) is 4.09. The van der Waals surface area contributed by atoms with Gasteiger partial charge >= 0.3 is 0 Å². The maximum absolute atomic E-state index is 14.1. The minimum atomic E-state index is -0.414. The number of hydrogen-bond donors (Lipinski definition) is 0. The van der Waals surface area contributed by atoms with Crippen molar-refractivity contribution in [3.63, 3.8) is 0 Å². The van der Waals surface area contributed by atoms with Gasteiger partial charge in [-0.15, -0.1) is 0 Å². The third-order valence-electron chi connectivity index (χ3n) is 6.59. The van der Waals surface area contributed by atoms with Gasteiger partial charge in [0.15, 0.2) is 0 Å². The van der Waals surface area contributed by atoms with Crippen molar-refractivity contribution in [2.45, 2.75) is 26.4 Å². The van der Waals surface area contributed by atoms with Crippen LogP contribution in [0.3, 0.4) is 0 Å². The molecule has 1 unspecified atom stereocenters. The second-order valence-electron chi connectivity index (χ2n) is 8.88. The molecule has 2 aromatic carbocycles. The molecule has 6 aromatic rings. The van der Waals surface area contributed by atoms with Crippen LogP contribution in [-0.4, -0.2) is 23.9 Å². The zero-order valence-electron chi connectivity index (χ0n) is 20.1. The first-order valence-electron chi connectivity index (χ1n) is 11.8. The molecule has 0 spiro atoms. The minimum Gasteiger partial charge on any atom is -0.303 e. The smallest absolute Gasteiger partial charge is 0.283 e. The SMILES string of the molecule is Cc1c2c(=O)n(-c3nc4ccccc4s3)n(Cc3ccccc3)c2cc(=O)n1C(C)c1cccc(Cl)n1. The average Bonchev–Trinajstić information content (AvgIpc) is 3.43. The van der Waals surface area contributed by atoms with Gasteiger partial charge in [-0.3, -0.25) is 14.3 Å². The zero-order chi connectivity index (χ0) is 25.7. The molecule has 0 amide bonds. The summed E-state index contributed by atoms with van der Waals surface area (Å²) in [4.78, 5) is 36.7. The number of halogens is 1. The third-order valence-corrected chi connectivity index (χ3v) is 7.82. The number of aromatic nitrogens is 5. The number of aryl methyl sites for hydroxylation is 1. The first-order valence-corrected chi connectivity index (χ1v) is 13.0. The Bertz CT molecular complexity index is 1870. The van der Waals surface area contributed by atoms with Crippen LogP contribution in [0, 0.1) is 6.92 Å². The molecule has 0 N–H and O–H groups in total. The molecule has 0 bridgehead atoms. The zero-order valence-corrected chi connectivity index (χ0v) is 21.7. The Kier molecular flexibility index (Phi) is 5.78. The van der Waals surface area contributed by atoms with E-state index in [0.717, 1.165) is 15.8 Å². The van der Waals surface area contributed by atoms with Crippen LogP contribution in [0.5, 0.6) is 0 Å². The summed E-state index contributed by atoms with van der Waals surface area (Å²) >= 11 is 7.56. The molecule has 6 rings (SSSR count). The van der Waals surface area contributed by atoms with Gasteiger partial charge in [0, 0.05) is 11.8 Å². The number of thiazole rings is 1. The topological polar surface area (TPSA) is 74.7 Å². The normalized spacial score (nSPS) is 12.4. The molecule has 0 saturated carbocycles. The van der Waals surface area contributed by atoms with Gasteiger partial charge in [-0.05, 0) is 43.7 Å². The predicted octanol–water partition coefficient (Wildman–Crippen LogP) is 5.58. The highest BCUT2D eigenvalue weighted by molar-refractivity contribution is 7.20. The summed E-state index contributed by atoms with van der Waals surface area (Å²) in [6, 6.07) is 24.1. The Labute approximate surface area is 220 Å². The molecule has 0 saturated heterocycles. The van der Waals surface area contributed by atoms with Crippen LogP contribution in [0.1, 0.15) is 29.9 Å². The summed E-state index contributed by atoms with van der Waals surface area (Å²) in [7, 11) is 0. The van der Waals surface area contributed by atoms with Crippen LogP contribution in [0.2, 0.25) is 5.15 Å². The standard InChI is InChI=1S/C28H22ClN5O2S/c1-17(20-12-8-14-24(29)30-20)33-18(2)26-22(15-25(33)35)32(16-19-9-4-3-5-10-19)34(27(26)36)28-31-21-11-6-7-13-23(21)37-28/h3-15,17H,16H2,1-2H3. The minimum absolute atomic E-state index is 0.220. The fraction of sp³-hybridized carbons (Fsp3) is 0.143. The van der Waals surface area contributed by atoms with Crippen molar-refractivity contribution < 1.29 is 0 Å². The lowest BCUT2D eigenvalue weighted by Crippen LogP contribution is -2.27. The second-order valence-corrected chi connectivity index (χ2v) is 10.3. The quantitative estimate of drug-likeness (QED) is 0.274. The van der Waals surface area contributed by atoms with Gasteiger partial charge in [-0.2, -0.15) is 4.68 Å². The molecule has 7 nitrogen and oxygen atoms in total. The third kappa shape index (κ3) is 3.98. The predicted molar refractivity (Wildman–Crippen MR) is 148 cm³/mol. The highest BCUT2D eigenvalue weighted by atomic mass is 35.5. The lowest BCUT2D eigenvalue weighted by molar-refractivity contribution is 0.585. The van der Waals surface area contributed by atoms with Crippen molar-refractivity contribution >= 4 is 44.1 Å². The van der Waals surface area contributed by atoms with E-state index in [2.05, 4.69) is 4.98 Å². The summed E-state index contributed by atoms with van der Waals surface area (Å²) < 4.78 is 6.04. The molecule has 1 atom stereocenters. The monoisotopic (exact) mass is 527 g/mol. The fourth-order valence-electron chi connectivity index (χ4n) is 4.84. The van der Waals surface area contributed by atoms with E-state index >= 15 is 0 Å². The molecule has 0 fully saturated rings. The first-order chi connectivity index (χ1) is 17.9. The number of fused-ring (bicyclic) bond motifs is 2. The molecular formula is C28H22ClN5O2S. The van der Waals surface area contributed by atoms with E-state index in [9.17, 15) is 9.59 Å². The van der Waals surface area contributed by atoms with Crippen LogP contribution in [0.4, 0.5) is 0 Å². The fourth-order valence-corrected chi connectivity index (χ4v) is 5.99. The Balaban J connectivity index is 1.63. The van der Waals surface area contributed by atoms with E-state index in [1.807, 2.05) is 79.2 Å². The van der Waals surface area contributed by atoms with Crippen LogP contribution >= 0.6 is 22.9 Å². The number of pyridine rings is 2. The van der Waals surface area contributed by atoms with Crippen LogP contribution < -0.4 is 11.1 Å². The van der Waals surface area contributed by atoms with Gasteiger partial charge in [0.1, 0.15) is 5.15 Å². The van der Waals surface area contributed by atoms with E-state index in [0.29, 0.717) is 39.1 Å². The molecule has 4 aromatic heterocycles. The van der Waals surface area contributed by atoms with E-state index in [1.165, 1.54) is 17.4 Å². The molecule has 0 aliphatic heterocycles. The molecule has 0 aliphatic rings. The Morgan fingerprint density at radius 3 is 2.46 bits per heavy atom. The van der Waals surface area contributed by atoms with E-state index in [-0.39, 0.29) is 11.1 Å². The van der Waals surface area contributed by atoms with Crippen LogP contribution in [0.15, 0.2) is 88.5 Å². The Morgan fingerprint density at radius 1 is 0.946 bits per heavy atom. The molecule has 184 valence electrons. The van der Waals surface area contributed by atoms with Gasteiger partial charge in [-0.1, -0.05) is 71.5 Å². The van der Waals surface area contributed by atoms with Gasteiger partial charge in [0.25, 0.3) is 11.1 Å². The maximum Gasteiger partial charge on any atom is 0.283 e. The van der Waals surface area contributed by atoms with Crippen molar-refractivity contribution in [1.82, 2.24) is 23.9 Å². The van der Waals surface area contributed by atoms with Crippen LogP contribution in [0.25, 0.3) is 26.3 Å². The van der Waals surface area contributed by atoms with Crippen molar-refractivity contribution in [3.05, 3.63) is 122 Å². The summed E-state index contributed by atoms with van der Waals surface area (Å²) in [5, 5.41) is 1.38. The van der Waals surface area contributed by atoms with E-state index in [4.69, 9.17) is 16.6 Å². The van der Waals surface area contributed by atoms with Gasteiger partial charge < -0.3 is 4.57 Å². The number of para-hydroxylation sites is 1. The summed E-state index contributed by atoms with van der Waals surface area (Å²) in [5.41, 5.74) is 3.18. The number of benzene rings is 2. The molecular weight excluding hydrogens is 506 g/mol. The van der Waals surface area contributed by atoms with Crippen molar-refractivity contribution in [3.8, 4) is 5.13 Å². The molecule has 0 radical (unpaired) electrons. The van der Waals surface area contributed by atoms with Crippen molar-refractivity contribution in [2.24, 2.45) is 0 Å². The Morgan fingerprint density at radius 2 is 1.70 bits per heavy atom. The summed E-state index contributed by atoms with van der Waals surface area (Å²) in [6.07, 6.45) is 0. The second kappa shape index (κ2) is 9.14. The molecule has 9 heteroatoms. The first kappa shape index (κ1) is 23.4. The lowest BCUT2D eigenvalue weighted by Gasteiger charge is -2.18. The Hall–Kier alpha value is -4.01. The van der Waals surface area contributed by atoms with Gasteiger partial charge in [0.05, 0.1) is 39.4 Å². The maximum atomic E-state index is 14.1. The molecule has 4 heterocycles. The lowest BCUT2D eigenvalue weighted by atomic mass is 10.1. The largest absolute Gasteiger partial charge is 0.303 e. The molecule has 0 aliphatic carbocycles. The van der Waals surface area contributed by atoms with Crippen molar-refractivity contribution in [1.29, 1.82) is 0 Å². The molecule has 37 heavy (non-hydrogen) atoms. The highest BCUT2D eigenvalue weighted by Crippen LogP contribution is 2.27. The highest BCUT2D eigenvalue weighted by Gasteiger charge is 2.24. The van der Waals surface area contributed by atoms with Crippen LogP contribution in [-0.2, 0) is 6.54 Å². The number of hydrogen-bond acceptors (Lipinski definition) is 5.